The lowest BCUT2D eigenvalue weighted by molar-refractivity contribution is 0.0159. The predicted molar refractivity (Wildman–Crippen MR) is 96.6 cm³/mol. The Morgan fingerprint density at radius 1 is 1.15 bits per heavy atom. The summed E-state index contributed by atoms with van der Waals surface area (Å²) in [5, 5.41) is 0. The summed E-state index contributed by atoms with van der Waals surface area (Å²) in [5.74, 6) is 0.413. The van der Waals surface area contributed by atoms with Crippen LogP contribution in [0.15, 0.2) is 47.4 Å². The Balaban J connectivity index is 1.59. The van der Waals surface area contributed by atoms with Crippen molar-refractivity contribution in [1.82, 2.24) is 14.2 Å². The first-order valence-corrected chi connectivity index (χ1v) is 9.63. The molecule has 0 bridgehead atoms. The van der Waals surface area contributed by atoms with Gasteiger partial charge in [0.15, 0.2) is 0 Å². The van der Waals surface area contributed by atoms with E-state index in [1.807, 2.05) is 19.1 Å². The maximum Gasteiger partial charge on any atom is 0.254 e. The van der Waals surface area contributed by atoms with E-state index in [9.17, 15) is 13.2 Å². The summed E-state index contributed by atoms with van der Waals surface area (Å²) in [6, 6.07) is 11.5. The molecule has 0 aliphatic carbocycles. The van der Waals surface area contributed by atoms with Crippen molar-refractivity contribution in [3.8, 4) is 5.88 Å². The second kappa shape index (κ2) is 7.05. The number of ether oxygens (including phenoxy) is 1. The SMILES string of the molecule is Cc1cccc(OC2CN(C(=O)c3ccc(S(=O)(=O)N(C)C)cc3)C2)n1. The number of hydrogen-bond acceptors (Lipinski definition) is 5. The Hall–Kier alpha value is -2.45. The molecule has 2 aromatic rings. The zero-order chi connectivity index (χ0) is 18.9. The molecule has 0 saturated carbocycles. The molecular formula is C18H21N3O4S. The molecule has 26 heavy (non-hydrogen) atoms. The minimum Gasteiger partial charge on any atom is -0.471 e. The molecule has 1 aliphatic heterocycles. The highest BCUT2D eigenvalue weighted by atomic mass is 32.2. The number of nitrogens with zero attached hydrogens (tertiary/aromatic N) is 3. The van der Waals surface area contributed by atoms with E-state index in [4.69, 9.17) is 4.74 Å². The Morgan fingerprint density at radius 3 is 2.38 bits per heavy atom. The first-order chi connectivity index (χ1) is 12.3. The number of hydrogen-bond donors (Lipinski definition) is 0. The van der Waals surface area contributed by atoms with Gasteiger partial charge in [0.25, 0.3) is 5.91 Å². The van der Waals surface area contributed by atoms with E-state index in [1.165, 1.54) is 38.4 Å². The molecule has 1 aliphatic rings. The van der Waals surface area contributed by atoms with Gasteiger partial charge in [-0.05, 0) is 37.3 Å². The van der Waals surface area contributed by atoms with Crippen molar-refractivity contribution in [3.05, 3.63) is 53.7 Å². The smallest absolute Gasteiger partial charge is 0.254 e. The summed E-state index contributed by atoms with van der Waals surface area (Å²) < 4.78 is 31.0. The van der Waals surface area contributed by atoms with Crippen molar-refractivity contribution in [3.63, 3.8) is 0 Å². The quantitative estimate of drug-likeness (QED) is 0.792. The van der Waals surface area contributed by atoms with E-state index in [0.29, 0.717) is 24.5 Å². The van der Waals surface area contributed by atoms with Gasteiger partial charge in [0.05, 0.1) is 18.0 Å². The fourth-order valence-corrected chi connectivity index (χ4v) is 3.50. The molecule has 3 rings (SSSR count). The fraction of sp³-hybridized carbons (Fsp3) is 0.333. The van der Waals surface area contributed by atoms with Gasteiger partial charge in [-0.25, -0.2) is 17.7 Å². The molecule has 1 fully saturated rings. The standard InChI is InChI=1S/C18H21N3O4S/c1-13-5-4-6-17(19-13)25-15-11-21(12-15)18(22)14-7-9-16(10-8-14)26(23,24)20(2)3/h4-10,15H,11-12H2,1-3H3. The molecule has 2 heterocycles. The first-order valence-electron chi connectivity index (χ1n) is 8.19. The number of aromatic nitrogens is 1. The Labute approximate surface area is 153 Å². The van der Waals surface area contributed by atoms with Gasteiger partial charge >= 0.3 is 0 Å². The van der Waals surface area contributed by atoms with E-state index in [0.717, 1.165) is 10.00 Å². The number of carbonyl (C=O) groups is 1. The monoisotopic (exact) mass is 375 g/mol. The largest absolute Gasteiger partial charge is 0.471 e. The van der Waals surface area contributed by atoms with Crippen molar-refractivity contribution >= 4 is 15.9 Å². The number of rotatable bonds is 5. The van der Waals surface area contributed by atoms with Crippen molar-refractivity contribution in [2.45, 2.75) is 17.9 Å². The van der Waals surface area contributed by atoms with Crippen molar-refractivity contribution < 1.29 is 17.9 Å². The third kappa shape index (κ3) is 3.71. The molecular weight excluding hydrogens is 354 g/mol. The number of sulfonamides is 1. The molecule has 0 radical (unpaired) electrons. The average molecular weight is 375 g/mol. The third-order valence-corrected chi connectivity index (χ3v) is 5.99. The van der Waals surface area contributed by atoms with Crippen LogP contribution < -0.4 is 4.74 Å². The predicted octanol–water partition coefficient (Wildman–Crippen LogP) is 1.54. The van der Waals surface area contributed by atoms with Crippen LogP contribution >= 0.6 is 0 Å². The highest BCUT2D eigenvalue weighted by molar-refractivity contribution is 7.89. The van der Waals surface area contributed by atoms with Crippen molar-refractivity contribution in [2.24, 2.45) is 0 Å². The fourth-order valence-electron chi connectivity index (χ4n) is 2.60. The maximum atomic E-state index is 12.5. The molecule has 8 heteroatoms. The van der Waals surface area contributed by atoms with Crippen LogP contribution in [0.3, 0.4) is 0 Å². The third-order valence-electron chi connectivity index (χ3n) is 4.17. The Bertz CT molecular complexity index is 904. The van der Waals surface area contributed by atoms with Gasteiger partial charge in [-0.2, -0.15) is 0 Å². The van der Waals surface area contributed by atoms with Crippen LogP contribution in [0.2, 0.25) is 0 Å². The zero-order valence-corrected chi connectivity index (χ0v) is 15.7. The molecule has 7 nitrogen and oxygen atoms in total. The number of pyridine rings is 1. The van der Waals surface area contributed by atoms with Gasteiger partial charge < -0.3 is 9.64 Å². The van der Waals surface area contributed by atoms with E-state index in [1.54, 1.807) is 11.0 Å². The van der Waals surface area contributed by atoms with Gasteiger partial charge in [0.2, 0.25) is 15.9 Å². The molecule has 0 unspecified atom stereocenters. The number of aryl methyl sites for hydroxylation is 1. The van der Waals surface area contributed by atoms with Crippen LogP contribution in [0.1, 0.15) is 16.1 Å². The highest BCUT2D eigenvalue weighted by Gasteiger charge is 2.33. The van der Waals surface area contributed by atoms with E-state index >= 15 is 0 Å². The van der Waals surface area contributed by atoms with E-state index in [2.05, 4.69) is 4.98 Å². The Morgan fingerprint density at radius 2 is 1.81 bits per heavy atom. The molecule has 1 aromatic heterocycles. The molecule has 0 N–H and O–H groups in total. The second-order valence-electron chi connectivity index (χ2n) is 6.38. The second-order valence-corrected chi connectivity index (χ2v) is 8.53. The minimum atomic E-state index is -3.50. The van der Waals surface area contributed by atoms with Gasteiger partial charge in [-0.3, -0.25) is 4.79 Å². The topological polar surface area (TPSA) is 79.8 Å². The summed E-state index contributed by atoms with van der Waals surface area (Å²) >= 11 is 0. The molecule has 1 amide bonds. The number of carbonyl (C=O) groups excluding carboxylic acids is 1. The van der Waals surface area contributed by atoms with Crippen molar-refractivity contribution in [2.75, 3.05) is 27.2 Å². The zero-order valence-electron chi connectivity index (χ0n) is 14.9. The lowest BCUT2D eigenvalue weighted by Crippen LogP contribution is -2.56. The first kappa shape index (κ1) is 18.3. The van der Waals surface area contributed by atoms with Crippen LogP contribution in [0, 0.1) is 6.92 Å². The normalized spacial score (nSPS) is 15.0. The summed E-state index contributed by atoms with van der Waals surface area (Å²) in [7, 11) is -0.557. The van der Waals surface area contributed by atoms with Crippen LogP contribution in [0.5, 0.6) is 5.88 Å². The Kier molecular flexibility index (Phi) is 4.97. The van der Waals surface area contributed by atoms with Crippen LogP contribution in [0.25, 0.3) is 0 Å². The van der Waals surface area contributed by atoms with Crippen molar-refractivity contribution in [1.29, 1.82) is 0 Å². The number of benzene rings is 1. The summed E-state index contributed by atoms with van der Waals surface area (Å²) in [4.78, 5) is 18.6. The van der Waals surface area contributed by atoms with Gasteiger partial charge in [-0.1, -0.05) is 6.07 Å². The molecule has 0 spiro atoms. The summed E-state index contributed by atoms with van der Waals surface area (Å²) in [6.45, 7) is 2.85. The van der Waals surface area contributed by atoms with Gasteiger partial charge in [-0.15, -0.1) is 0 Å². The van der Waals surface area contributed by atoms with E-state index < -0.39 is 10.0 Å². The van der Waals surface area contributed by atoms with Gasteiger partial charge in [0.1, 0.15) is 6.10 Å². The van der Waals surface area contributed by atoms with Gasteiger partial charge in [0, 0.05) is 31.4 Å². The minimum absolute atomic E-state index is 0.0818. The number of likely N-dealkylation sites (tertiary alicyclic amines) is 1. The van der Waals surface area contributed by atoms with Crippen LogP contribution in [-0.4, -0.2) is 61.8 Å². The lowest BCUT2D eigenvalue weighted by Gasteiger charge is -2.38. The summed E-state index contributed by atoms with van der Waals surface area (Å²) in [5.41, 5.74) is 1.33. The molecule has 0 atom stereocenters. The van der Waals surface area contributed by atoms with Crippen LogP contribution in [0.4, 0.5) is 0 Å². The summed E-state index contributed by atoms with van der Waals surface area (Å²) in [6.07, 6.45) is -0.0818. The average Bonchev–Trinajstić information content (AvgIpc) is 2.57. The molecule has 1 saturated heterocycles. The van der Waals surface area contributed by atoms with Crippen LogP contribution in [-0.2, 0) is 10.0 Å². The highest BCUT2D eigenvalue weighted by Crippen LogP contribution is 2.20. The van der Waals surface area contributed by atoms with E-state index in [-0.39, 0.29) is 16.9 Å². The lowest BCUT2D eigenvalue weighted by atomic mass is 10.1. The number of amides is 1. The maximum absolute atomic E-state index is 12.5. The molecule has 1 aromatic carbocycles. The molecule has 138 valence electrons.